The largest absolute Gasteiger partial charge is 0.356 e. The van der Waals surface area contributed by atoms with Crippen LogP contribution in [0.5, 0.6) is 0 Å². The Labute approximate surface area is 207 Å². The van der Waals surface area contributed by atoms with Gasteiger partial charge in [-0.3, -0.25) is 9.79 Å². The van der Waals surface area contributed by atoms with E-state index in [1.54, 1.807) is 7.05 Å². The number of carbonyl (C=O) groups is 1. The van der Waals surface area contributed by atoms with E-state index < -0.39 is 0 Å². The molecule has 0 unspecified atom stereocenters. The van der Waals surface area contributed by atoms with Crippen molar-refractivity contribution >= 4 is 46.7 Å². The number of aromatic nitrogens is 1. The summed E-state index contributed by atoms with van der Waals surface area (Å²) < 4.78 is 2.30. The van der Waals surface area contributed by atoms with Gasteiger partial charge in [0.1, 0.15) is 0 Å². The van der Waals surface area contributed by atoms with Crippen LogP contribution in [0.2, 0.25) is 0 Å². The maximum absolute atomic E-state index is 11.9. The molecule has 1 fully saturated rings. The fraction of sp³-hybridized carbons (Fsp3) is 0.360. The predicted octanol–water partition coefficient (Wildman–Crippen LogP) is 4.14. The van der Waals surface area contributed by atoms with E-state index in [0.29, 0.717) is 19.5 Å². The van der Waals surface area contributed by atoms with Crippen molar-refractivity contribution in [2.24, 2.45) is 4.99 Å². The summed E-state index contributed by atoms with van der Waals surface area (Å²) in [4.78, 5) is 18.2. The number of likely N-dealkylation sites (tertiary alicyclic amines) is 1. The highest BCUT2D eigenvalue weighted by molar-refractivity contribution is 14.0. The summed E-state index contributed by atoms with van der Waals surface area (Å²) in [7, 11) is 1.80. The van der Waals surface area contributed by atoms with Gasteiger partial charge in [0, 0.05) is 57.9 Å². The topological polar surface area (TPSA) is 61.7 Å². The van der Waals surface area contributed by atoms with Gasteiger partial charge in [-0.1, -0.05) is 42.5 Å². The number of guanidine groups is 1. The van der Waals surface area contributed by atoms with Gasteiger partial charge in [0.25, 0.3) is 0 Å². The molecule has 4 rings (SSSR count). The monoisotopic (exact) mass is 545 g/mol. The van der Waals surface area contributed by atoms with Crippen molar-refractivity contribution in [3.8, 4) is 0 Å². The van der Waals surface area contributed by atoms with Crippen LogP contribution in [0, 0.1) is 0 Å². The van der Waals surface area contributed by atoms with E-state index in [0.717, 1.165) is 38.4 Å². The number of aliphatic imine (C=N–C) groups is 1. The highest BCUT2D eigenvalue weighted by Gasteiger charge is 2.19. The van der Waals surface area contributed by atoms with Crippen molar-refractivity contribution in [2.45, 2.75) is 38.9 Å². The lowest BCUT2D eigenvalue weighted by Gasteiger charge is -2.16. The van der Waals surface area contributed by atoms with Gasteiger partial charge < -0.3 is 20.1 Å². The molecule has 2 N–H and O–H groups in total. The maximum Gasteiger partial charge on any atom is 0.222 e. The molecule has 1 amide bonds. The predicted molar refractivity (Wildman–Crippen MR) is 141 cm³/mol. The highest BCUT2D eigenvalue weighted by atomic mass is 127. The summed E-state index contributed by atoms with van der Waals surface area (Å²) in [5.41, 5.74) is 3.64. The van der Waals surface area contributed by atoms with Gasteiger partial charge in [-0.2, -0.15) is 0 Å². The molecule has 0 spiro atoms. The molecule has 2 heterocycles. The number of benzene rings is 2. The summed E-state index contributed by atoms with van der Waals surface area (Å²) in [5, 5.41) is 8.07. The molecule has 0 atom stereocenters. The van der Waals surface area contributed by atoms with Gasteiger partial charge in [0.05, 0.1) is 0 Å². The van der Waals surface area contributed by atoms with Gasteiger partial charge in [-0.25, -0.2) is 0 Å². The van der Waals surface area contributed by atoms with E-state index in [1.165, 1.54) is 22.0 Å². The smallest absolute Gasteiger partial charge is 0.222 e. The van der Waals surface area contributed by atoms with Gasteiger partial charge in [-0.15, -0.1) is 24.0 Å². The Morgan fingerprint density at radius 3 is 2.72 bits per heavy atom. The van der Waals surface area contributed by atoms with Crippen molar-refractivity contribution in [1.82, 2.24) is 20.1 Å². The molecule has 1 aliphatic heterocycles. The Bertz CT molecular complexity index is 1060. The van der Waals surface area contributed by atoms with Crippen molar-refractivity contribution in [3.63, 3.8) is 0 Å². The number of nitrogens with one attached hydrogen (secondary N) is 2. The maximum atomic E-state index is 11.9. The van der Waals surface area contributed by atoms with Crippen LogP contribution in [0.1, 0.15) is 30.4 Å². The summed E-state index contributed by atoms with van der Waals surface area (Å²) in [6.07, 6.45) is 4.82. The van der Waals surface area contributed by atoms with Gasteiger partial charge in [-0.05, 0) is 41.5 Å². The average molecular weight is 545 g/mol. The van der Waals surface area contributed by atoms with E-state index in [-0.39, 0.29) is 29.9 Å². The highest BCUT2D eigenvalue weighted by Crippen LogP contribution is 2.16. The number of rotatable bonds is 8. The fourth-order valence-electron chi connectivity index (χ4n) is 4.13. The van der Waals surface area contributed by atoms with Crippen molar-refractivity contribution in [3.05, 3.63) is 71.9 Å². The van der Waals surface area contributed by atoms with Crippen LogP contribution in [0.4, 0.5) is 0 Å². The Hall–Kier alpha value is -2.55. The Morgan fingerprint density at radius 2 is 1.91 bits per heavy atom. The number of carbonyl (C=O) groups excluding carboxylic acids is 1. The lowest BCUT2D eigenvalue weighted by molar-refractivity contribution is -0.128. The van der Waals surface area contributed by atoms with Crippen LogP contribution in [0.15, 0.2) is 65.8 Å². The first-order valence-electron chi connectivity index (χ1n) is 11.1. The molecule has 6 nitrogen and oxygen atoms in total. The molecular weight excluding hydrogens is 513 g/mol. The van der Waals surface area contributed by atoms with Crippen LogP contribution in [0.25, 0.3) is 10.9 Å². The molecule has 2 aromatic carbocycles. The fourth-order valence-corrected chi connectivity index (χ4v) is 4.13. The standard InChI is InChI=1S/C25H31N5O.HI/c1-26-25(27-13-6-15-29-16-12-22-9-2-3-10-23(22)29)28-18-20-7-4-8-21(17-20)19-30-14-5-11-24(30)31;/h2-4,7-10,12,16-17H,5-6,11,13-15,18-19H2,1H3,(H2,26,27,28);1H. The van der Waals surface area contributed by atoms with Crippen molar-refractivity contribution in [1.29, 1.82) is 0 Å². The van der Waals surface area contributed by atoms with E-state index in [4.69, 9.17) is 0 Å². The van der Waals surface area contributed by atoms with Crippen LogP contribution >= 0.6 is 24.0 Å². The Balaban J connectivity index is 0.00000289. The van der Waals surface area contributed by atoms with Gasteiger partial charge in [0.15, 0.2) is 5.96 Å². The van der Waals surface area contributed by atoms with Crippen molar-refractivity contribution in [2.75, 3.05) is 20.1 Å². The summed E-state index contributed by atoms with van der Waals surface area (Å²) in [5.74, 6) is 1.07. The van der Waals surface area contributed by atoms with Crippen LogP contribution < -0.4 is 10.6 Å². The SMILES string of the molecule is CN=C(NCCCn1ccc2ccccc21)NCc1cccc(CN2CCCC2=O)c1.I. The molecule has 3 aromatic rings. The Kier molecular flexibility index (Phi) is 8.96. The van der Waals surface area contributed by atoms with E-state index >= 15 is 0 Å². The number of nitrogens with zero attached hydrogens (tertiary/aromatic N) is 3. The third-order valence-corrected chi connectivity index (χ3v) is 5.77. The van der Waals surface area contributed by atoms with Crippen molar-refractivity contribution < 1.29 is 4.79 Å². The molecule has 1 saturated heterocycles. The van der Waals surface area contributed by atoms with Crippen LogP contribution in [-0.2, 0) is 24.4 Å². The minimum Gasteiger partial charge on any atom is -0.356 e. The Morgan fingerprint density at radius 1 is 1.06 bits per heavy atom. The first kappa shape index (κ1) is 24.1. The number of aryl methyl sites for hydroxylation is 1. The normalized spacial score (nSPS) is 14.0. The summed E-state index contributed by atoms with van der Waals surface area (Å²) >= 11 is 0. The third-order valence-electron chi connectivity index (χ3n) is 5.77. The third kappa shape index (κ3) is 6.25. The number of hydrogen-bond donors (Lipinski definition) is 2. The molecule has 170 valence electrons. The van der Waals surface area contributed by atoms with Gasteiger partial charge >= 0.3 is 0 Å². The number of hydrogen-bond acceptors (Lipinski definition) is 2. The first-order valence-corrected chi connectivity index (χ1v) is 11.1. The lowest BCUT2D eigenvalue weighted by Crippen LogP contribution is -2.37. The molecule has 1 aliphatic rings. The molecule has 7 heteroatoms. The molecule has 0 radical (unpaired) electrons. The zero-order valence-electron chi connectivity index (χ0n) is 18.6. The number of halogens is 1. The lowest BCUT2D eigenvalue weighted by atomic mass is 10.1. The van der Waals surface area contributed by atoms with Crippen LogP contribution in [-0.4, -0.2) is 41.5 Å². The van der Waals surface area contributed by atoms with E-state index in [1.807, 2.05) is 4.90 Å². The van der Waals surface area contributed by atoms with E-state index in [9.17, 15) is 4.79 Å². The summed E-state index contributed by atoms with van der Waals surface area (Å²) in [6.45, 7) is 4.09. The molecular formula is C25H32IN5O. The average Bonchev–Trinajstić information content (AvgIpc) is 3.39. The minimum atomic E-state index is 0. The second kappa shape index (κ2) is 11.9. The zero-order valence-corrected chi connectivity index (χ0v) is 20.9. The van der Waals surface area contributed by atoms with E-state index in [2.05, 4.69) is 81.0 Å². The molecule has 1 aromatic heterocycles. The summed E-state index contributed by atoms with van der Waals surface area (Å²) in [6, 6.07) is 19.1. The first-order chi connectivity index (χ1) is 15.2. The minimum absolute atomic E-state index is 0. The quantitative estimate of drug-likeness (QED) is 0.194. The van der Waals surface area contributed by atoms with Gasteiger partial charge in [0.2, 0.25) is 5.91 Å². The molecule has 0 bridgehead atoms. The molecule has 0 saturated carbocycles. The number of amides is 1. The number of fused-ring (bicyclic) bond motifs is 1. The molecule has 0 aliphatic carbocycles. The molecule has 32 heavy (non-hydrogen) atoms. The second-order valence-corrected chi connectivity index (χ2v) is 8.01. The van der Waals surface area contributed by atoms with Crippen LogP contribution in [0.3, 0.4) is 0 Å². The zero-order chi connectivity index (χ0) is 21.5. The second-order valence-electron chi connectivity index (χ2n) is 8.01. The number of para-hydroxylation sites is 1.